The van der Waals surface area contributed by atoms with Gasteiger partial charge >= 0.3 is 12.1 Å². The molecule has 1 saturated carbocycles. The number of aliphatic carboxylic acids is 1. The van der Waals surface area contributed by atoms with Crippen LogP contribution < -0.4 is 5.32 Å². The predicted octanol–water partition coefficient (Wildman–Crippen LogP) is 4.09. The Morgan fingerprint density at radius 2 is 1.58 bits per heavy atom. The topological polar surface area (TPSA) is 75.6 Å². The van der Waals surface area contributed by atoms with Crippen LogP contribution in [-0.4, -0.2) is 22.7 Å². The summed E-state index contributed by atoms with van der Waals surface area (Å²) < 4.78 is 5.20. The molecule has 5 heteroatoms. The number of carbonyl (C=O) groups is 2. The molecule has 1 fully saturated rings. The van der Waals surface area contributed by atoms with Gasteiger partial charge in [0.2, 0.25) is 0 Å². The molecule has 0 radical (unpaired) electrons. The van der Waals surface area contributed by atoms with Crippen LogP contribution in [0.4, 0.5) is 4.79 Å². The third kappa shape index (κ3) is 4.23. The number of carboxylic acids is 1. The van der Waals surface area contributed by atoms with E-state index in [1.54, 1.807) is 0 Å². The molecule has 0 heterocycles. The molecule has 1 aliphatic rings. The first-order valence-electron chi connectivity index (χ1n) is 8.86. The van der Waals surface area contributed by atoms with Gasteiger partial charge in [0.05, 0.1) is 0 Å². The lowest BCUT2D eigenvalue weighted by molar-refractivity contribution is -0.146. The number of rotatable bonds is 5. The maximum atomic E-state index is 12.1. The van der Waals surface area contributed by atoms with E-state index in [4.69, 9.17) is 4.74 Å². The highest BCUT2D eigenvalue weighted by molar-refractivity contribution is 5.84. The van der Waals surface area contributed by atoms with Gasteiger partial charge in [0.1, 0.15) is 12.1 Å². The molecule has 0 saturated heterocycles. The van der Waals surface area contributed by atoms with Crippen molar-refractivity contribution in [1.82, 2.24) is 5.32 Å². The largest absolute Gasteiger partial charge is 0.480 e. The summed E-state index contributed by atoms with van der Waals surface area (Å²) in [5, 5.41) is 12.3. The van der Waals surface area contributed by atoms with Crippen molar-refractivity contribution in [1.29, 1.82) is 0 Å². The highest BCUT2D eigenvalue weighted by Crippen LogP contribution is 2.38. The van der Waals surface area contributed by atoms with Gasteiger partial charge < -0.3 is 15.2 Å². The van der Waals surface area contributed by atoms with Gasteiger partial charge in [0, 0.05) is 0 Å². The molecule has 1 amide bonds. The van der Waals surface area contributed by atoms with Crippen molar-refractivity contribution < 1.29 is 19.4 Å². The third-order valence-electron chi connectivity index (χ3n) is 5.07. The summed E-state index contributed by atoms with van der Waals surface area (Å²) >= 11 is 0. The molecular formula is C21H23NO4. The normalized spacial score (nSPS) is 22.4. The summed E-state index contributed by atoms with van der Waals surface area (Å²) in [5.41, 5.74) is 0.830. The summed E-state index contributed by atoms with van der Waals surface area (Å²) in [7, 11) is 0. The van der Waals surface area contributed by atoms with Crippen LogP contribution in [0.3, 0.4) is 0 Å². The van der Waals surface area contributed by atoms with Gasteiger partial charge in [-0.25, -0.2) is 9.59 Å². The number of carbonyl (C=O) groups excluding carboxylic acids is 1. The van der Waals surface area contributed by atoms with Crippen LogP contribution in [0.2, 0.25) is 0 Å². The molecule has 0 atom stereocenters. The van der Waals surface area contributed by atoms with E-state index in [1.165, 1.54) is 5.56 Å². The van der Waals surface area contributed by atoms with E-state index >= 15 is 0 Å². The van der Waals surface area contributed by atoms with E-state index in [0.717, 1.165) is 18.4 Å². The summed E-state index contributed by atoms with van der Waals surface area (Å²) in [4.78, 5) is 24.0. The first-order chi connectivity index (χ1) is 12.6. The third-order valence-corrected chi connectivity index (χ3v) is 5.07. The zero-order valence-corrected chi connectivity index (χ0v) is 14.6. The van der Waals surface area contributed by atoms with Crippen LogP contribution in [0.5, 0.6) is 0 Å². The van der Waals surface area contributed by atoms with Gasteiger partial charge in [0.15, 0.2) is 0 Å². The lowest BCUT2D eigenvalue weighted by Gasteiger charge is -2.37. The van der Waals surface area contributed by atoms with Crippen LogP contribution in [0.25, 0.3) is 0 Å². The molecule has 136 valence electrons. The fraction of sp³-hybridized carbons (Fsp3) is 0.333. The molecule has 0 bridgehead atoms. The number of alkyl carbamates (subject to hydrolysis) is 1. The number of benzene rings is 2. The number of hydrogen-bond acceptors (Lipinski definition) is 3. The first-order valence-corrected chi connectivity index (χ1v) is 8.86. The van der Waals surface area contributed by atoms with Gasteiger partial charge in [-0.3, -0.25) is 0 Å². The molecule has 2 aromatic carbocycles. The SMILES string of the molecule is O=C(NC1(C(=O)O)CCC(c2ccccc2)CC1)OCc1ccccc1. The Labute approximate surface area is 153 Å². The average molecular weight is 353 g/mol. The quantitative estimate of drug-likeness (QED) is 0.849. The van der Waals surface area contributed by atoms with E-state index in [0.29, 0.717) is 18.8 Å². The van der Waals surface area contributed by atoms with Crippen molar-refractivity contribution in [2.24, 2.45) is 0 Å². The minimum Gasteiger partial charge on any atom is -0.480 e. The molecule has 0 spiro atoms. The smallest absolute Gasteiger partial charge is 0.408 e. The molecule has 5 nitrogen and oxygen atoms in total. The fourth-order valence-corrected chi connectivity index (χ4v) is 3.52. The van der Waals surface area contributed by atoms with Gasteiger partial charge in [0.25, 0.3) is 0 Å². The van der Waals surface area contributed by atoms with Crippen LogP contribution in [0.1, 0.15) is 42.7 Å². The Kier molecular flexibility index (Phi) is 5.56. The van der Waals surface area contributed by atoms with Gasteiger partial charge in [-0.1, -0.05) is 60.7 Å². The molecular weight excluding hydrogens is 330 g/mol. The average Bonchev–Trinajstić information content (AvgIpc) is 2.68. The van der Waals surface area contributed by atoms with Gasteiger partial charge in [-0.2, -0.15) is 0 Å². The zero-order valence-electron chi connectivity index (χ0n) is 14.6. The lowest BCUT2D eigenvalue weighted by atomic mass is 9.74. The molecule has 1 aliphatic carbocycles. The van der Waals surface area contributed by atoms with Crippen LogP contribution in [0, 0.1) is 0 Å². The highest BCUT2D eigenvalue weighted by Gasteiger charge is 2.44. The Hall–Kier alpha value is -2.82. The number of ether oxygens (including phenoxy) is 1. The summed E-state index contributed by atoms with van der Waals surface area (Å²) in [6.07, 6.45) is 1.53. The molecule has 0 unspecified atom stereocenters. The summed E-state index contributed by atoms with van der Waals surface area (Å²) in [6, 6.07) is 19.4. The standard InChI is InChI=1S/C21H23NO4/c23-19(24)21(22-20(25)26-15-16-7-3-1-4-8-16)13-11-18(12-14-21)17-9-5-2-6-10-17/h1-10,18H,11-15H2,(H,22,25)(H,23,24). The van der Waals surface area contributed by atoms with E-state index in [2.05, 4.69) is 17.4 Å². The first kappa shape index (κ1) is 18.0. The lowest BCUT2D eigenvalue weighted by Crippen LogP contribution is -2.56. The van der Waals surface area contributed by atoms with Crippen molar-refractivity contribution in [3.05, 3.63) is 71.8 Å². The number of amides is 1. The van der Waals surface area contributed by atoms with Crippen molar-refractivity contribution in [2.45, 2.75) is 43.7 Å². The van der Waals surface area contributed by atoms with Crippen LogP contribution >= 0.6 is 0 Å². The van der Waals surface area contributed by atoms with Crippen molar-refractivity contribution >= 4 is 12.1 Å². The monoisotopic (exact) mass is 353 g/mol. The van der Waals surface area contributed by atoms with E-state index in [-0.39, 0.29) is 6.61 Å². The summed E-state index contributed by atoms with van der Waals surface area (Å²) in [6.45, 7) is 0.120. The maximum absolute atomic E-state index is 12.1. The Balaban J connectivity index is 1.59. The molecule has 2 N–H and O–H groups in total. The van der Waals surface area contributed by atoms with Crippen LogP contribution in [-0.2, 0) is 16.1 Å². The van der Waals surface area contributed by atoms with Gasteiger partial charge in [-0.05, 0) is 42.7 Å². The summed E-state index contributed by atoms with van der Waals surface area (Å²) in [5.74, 6) is -0.675. The minimum absolute atomic E-state index is 0.120. The molecule has 0 aliphatic heterocycles. The maximum Gasteiger partial charge on any atom is 0.408 e. The van der Waals surface area contributed by atoms with E-state index < -0.39 is 17.6 Å². The molecule has 3 rings (SSSR count). The minimum atomic E-state index is -1.25. The Morgan fingerprint density at radius 3 is 2.15 bits per heavy atom. The van der Waals surface area contributed by atoms with E-state index in [9.17, 15) is 14.7 Å². The zero-order chi connectivity index (χ0) is 18.4. The van der Waals surface area contributed by atoms with Crippen molar-refractivity contribution in [2.75, 3.05) is 0 Å². The predicted molar refractivity (Wildman–Crippen MR) is 97.8 cm³/mol. The molecule has 0 aromatic heterocycles. The molecule has 26 heavy (non-hydrogen) atoms. The second-order valence-corrected chi connectivity index (χ2v) is 6.76. The van der Waals surface area contributed by atoms with E-state index in [1.807, 2.05) is 48.5 Å². The number of carboxylic acid groups (broad SMARTS) is 1. The second kappa shape index (κ2) is 8.04. The second-order valence-electron chi connectivity index (χ2n) is 6.76. The van der Waals surface area contributed by atoms with Crippen molar-refractivity contribution in [3.8, 4) is 0 Å². The Morgan fingerprint density at radius 1 is 1.00 bits per heavy atom. The number of nitrogens with one attached hydrogen (secondary N) is 1. The van der Waals surface area contributed by atoms with Crippen LogP contribution in [0.15, 0.2) is 60.7 Å². The van der Waals surface area contributed by atoms with Crippen molar-refractivity contribution in [3.63, 3.8) is 0 Å². The fourth-order valence-electron chi connectivity index (χ4n) is 3.52. The highest BCUT2D eigenvalue weighted by atomic mass is 16.5. The Bertz CT molecular complexity index is 737. The van der Waals surface area contributed by atoms with Gasteiger partial charge in [-0.15, -0.1) is 0 Å². The number of hydrogen-bond donors (Lipinski definition) is 2. The molecule has 2 aromatic rings.